The third kappa shape index (κ3) is 4.12. The standard InChI is InChI=1S/C12H21N3O3/c1-8(10-6-13-7-10)11(16)15-9(2)12(17)14-4-5-18-3/h9,13H,4-7H2,1-3H3,(H,14,17)(H,15,16). The summed E-state index contributed by atoms with van der Waals surface area (Å²) in [5.41, 5.74) is 1.80. The van der Waals surface area contributed by atoms with Gasteiger partial charge in [-0.05, 0) is 19.4 Å². The number of ether oxygens (including phenoxy) is 1. The lowest BCUT2D eigenvalue weighted by molar-refractivity contribution is -0.127. The summed E-state index contributed by atoms with van der Waals surface area (Å²) >= 11 is 0. The van der Waals surface area contributed by atoms with Gasteiger partial charge in [-0.2, -0.15) is 0 Å². The highest BCUT2D eigenvalue weighted by molar-refractivity contribution is 5.97. The maximum absolute atomic E-state index is 11.8. The van der Waals surface area contributed by atoms with Crippen molar-refractivity contribution in [2.24, 2.45) is 0 Å². The number of amides is 2. The van der Waals surface area contributed by atoms with E-state index in [1.54, 1.807) is 21.0 Å². The minimum atomic E-state index is -0.544. The lowest BCUT2D eigenvalue weighted by atomic mass is 10.0. The van der Waals surface area contributed by atoms with E-state index in [-0.39, 0.29) is 11.8 Å². The summed E-state index contributed by atoms with van der Waals surface area (Å²) in [6, 6.07) is -0.544. The normalized spacial score (nSPS) is 15.6. The molecule has 6 heteroatoms. The van der Waals surface area contributed by atoms with Crippen molar-refractivity contribution in [2.75, 3.05) is 33.4 Å². The second kappa shape index (κ2) is 7.13. The van der Waals surface area contributed by atoms with Crippen LogP contribution in [0.25, 0.3) is 0 Å². The van der Waals surface area contributed by atoms with Gasteiger partial charge in [0.2, 0.25) is 11.8 Å². The van der Waals surface area contributed by atoms with E-state index in [0.717, 1.165) is 18.7 Å². The number of carbonyl (C=O) groups is 2. The van der Waals surface area contributed by atoms with E-state index in [1.165, 1.54) is 0 Å². The first-order valence-corrected chi connectivity index (χ1v) is 6.03. The number of rotatable bonds is 6. The molecule has 6 nitrogen and oxygen atoms in total. The first-order valence-electron chi connectivity index (χ1n) is 6.03. The molecule has 1 aliphatic heterocycles. The average molecular weight is 255 g/mol. The molecule has 1 rings (SSSR count). The monoisotopic (exact) mass is 255 g/mol. The molecular formula is C12H21N3O3. The Bertz CT molecular complexity index is 346. The zero-order valence-electron chi connectivity index (χ0n) is 11.1. The van der Waals surface area contributed by atoms with Crippen LogP contribution in [0.15, 0.2) is 11.1 Å². The third-order valence-electron chi connectivity index (χ3n) is 2.89. The van der Waals surface area contributed by atoms with Gasteiger partial charge in [-0.15, -0.1) is 0 Å². The SMILES string of the molecule is COCCNC(=O)C(C)NC(=O)C(C)=C1CNC1. The van der Waals surface area contributed by atoms with Crippen LogP contribution in [0.2, 0.25) is 0 Å². The van der Waals surface area contributed by atoms with Crippen molar-refractivity contribution in [3.05, 3.63) is 11.1 Å². The van der Waals surface area contributed by atoms with Gasteiger partial charge in [0.1, 0.15) is 6.04 Å². The number of hydrogen-bond acceptors (Lipinski definition) is 4. The molecule has 0 saturated carbocycles. The Balaban J connectivity index is 2.36. The molecule has 1 heterocycles. The third-order valence-corrected chi connectivity index (χ3v) is 2.89. The first kappa shape index (κ1) is 14.7. The second-order valence-electron chi connectivity index (χ2n) is 4.31. The molecule has 1 unspecified atom stereocenters. The number of carbonyl (C=O) groups excluding carboxylic acids is 2. The average Bonchev–Trinajstić information content (AvgIpc) is 2.26. The molecule has 102 valence electrons. The highest BCUT2D eigenvalue weighted by Gasteiger charge is 2.19. The Morgan fingerprint density at radius 1 is 1.44 bits per heavy atom. The maximum Gasteiger partial charge on any atom is 0.247 e. The highest BCUT2D eigenvalue weighted by Crippen LogP contribution is 2.08. The topological polar surface area (TPSA) is 79.5 Å². The van der Waals surface area contributed by atoms with Crippen molar-refractivity contribution in [1.29, 1.82) is 0 Å². The van der Waals surface area contributed by atoms with Crippen LogP contribution in [0, 0.1) is 0 Å². The molecule has 0 radical (unpaired) electrons. The molecule has 1 atom stereocenters. The van der Waals surface area contributed by atoms with Crippen LogP contribution in [-0.4, -0.2) is 51.2 Å². The summed E-state index contributed by atoms with van der Waals surface area (Å²) in [6.45, 7) is 5.86. The lowest BCUT2D eigenvalue weighted by Crippen LogP contribution is -2.46. The molecule has 18 heavy (non-hydrogen) atoms. The van der Waals surface area contributed by atoms with Gasteiger partial charge in [-0.3, -0.25) is 9.59 Å². The van der Waals surface area contributed by atoms with E-state index in [1.807, 2.05) is 0 Å². The van der Waals surface area contributed by atoms with Gasteiger partial charge in [-0.1, -0.05) is 0 Å². The van der Waals surface area contributed by atoms with Gasteiger partial charge in [0, 0.05) is 32.3 Å². The maximum atomic E-state index is 11.8. The number of nitrogens with one attached hydrogen (secondary N) is 3. The van der Waals surface area contributed by atoms with Crippen molar-refractivity contribution >= 4 is 11.8 Å². The van der Waals surface area contributed by atoms with Crippen LogP contribution in [0.4, 0.5) is 0 Å². The van der Waals surface area contributed by atoms with E-state index >= 15 is 0 Å². The van der Waals surface area contributed by atoms with Crippen molar-refractivity contribution in [3.63, 3.8) is 0 Å². The molecule has 2 amide bonds. The molecule has 1 saturated heterocycles. The van der Waals surface area contributed by atoms with Crippen LogP contribution in [0.5, 0.6) is 0 Å². The van der Waals surface area contributed by atoms with E-state index < -0.39 is 6.04 Å². The molecule has 0 spiro atoms. The molecule has 0 aromatic rings. The summed E-state index contributed by atoms with van der Waals surface area (Å²) in [7, 11) is 1.57. The van der Waals surface area contributed by atoms with Crippen molar-refractivity contribution in [1.82, 2.24) is 16.0 Å². The summed E-state index contributed by atoms with van der Waals surface area (Å²) in [4.78, 5) is 23.4. The van der Waals surface area contributed by atoms with Crippen LogP contribution >= 0.6 is 0 Å². The highest BCUT2D eigenvalue weighted by atomic mass is 16.5. The number of methoxy groups -OCH3 is 1. The minimum absolute atomic E-state index is 0.180. The van der Waals surface area contributed by atoms with Crippen molar-refractivity contribution in [3.8, 4) is 0 Å². The molecule has 1 fully saturated rings. The molecule has 0 aromatic heterocycles. The van der Waals surface area contributed by atoms with Gasteiger partial charge in [0.05, 0.1) is 6.61 Å². The van der Waals surface area contributed by atoms with E-state index in [9.17, 15) is 9.59 Å². The Kier molecular flexibility index (Phi) is 5.80. The molecule has 0 bridgehead atoms. The van der Waals surface area contributed by atoms with E-state index in [0.29, 0.717) is 18.7 Å². The predicted molar refractivity (Wildman–Crippen MR) is 68.1 cm³/mol. The quantitative estimate of drug-likeness (QED) is 0.428. The van der Waals surface area contributed by atoms with Crippen LogP contribution < -0.4 is 16.0 Å². The Morgan fingerprint density at radius 3 is 2.61 bits per heavy atom. The van der Waals surface area contributed by atoms with E-state index in [4.69, 9.17) is 4.74 Å². The smallest absolute Gasteiger partial charge is 0.247 e. The zero-order chi connectivity index (χ0) is 13.5. The summed E-state index contributed by atoms with van der Waals surface area (Å²) in [5, 5.41) is 8.43. The van der Waals surface area contributed by atoms with Crippen molar-refractivity contribution in [2.45, 2.75) is 19.9 Å². The first-order chi connectivity index (χ1) is 8.56. The Morgan fingerprint density at radius 2 is 2.11 bits per heavy atom. The Labute approximate surface area is 107 Å². The van der Waals surface area contributed by atoms with E-state index in [2.05, 4.69) is 16.0 Å². The largest absolute Gasteiger partial charge is 0.383 e. The molecular weight excluding hydrogens is 234 g/mol. The van der Waals surface area contributed by atoms with Gasteiger partial charge in [-0.25, -0.2) is 0 Å². The van der Waals surface area contributed by atoms with Crippen LogP contribution in [0.3, 0.4) is 0 Å². The molecule has 1 aliphatic rings. The molecule has 3 N–H and O–H groups in total. The minimum Gasteiger partial charge on any atom is -0.383 e. The predicted octanol–water partition coefficient (Wildman–Crippen LogP) is -0.827. The zero-order valence-corrected chi connectivity index (χ0v) is 11.1. The summed E-state index contributed by atoms with van der Waals surface area (Å²) in [5.74, 6) is -0.383. The fraction of sp³-hybridized carbons (Fsp3) is 0.667. The fourth-order valence-corrected chi connectivity index (χ4v) is 1.48. The summed E-state index contributed by atoms with van der Waals surface area (Å²) < 4.78 is 4.83. The Hall–Kier alpha value is -1.40. The van der Waals surface area contributed by atoms with Crippen LogP contribution in [0.1, 0.15) is 13.8 Å². The van der Waals surface area contributed by atoms with Gasteiger partial charge < -0.3 is 20.7 Å². The van der Waals surface area contributed by atoms with Gasteiger partial charge in [0.25, 0.3) is 0 Å². The molecule has 0 aromatic carbocycles. The summed E-state index contributed by atoms with van der Waals surface area (Å²) in [6.07, 6.45) is 0. The fourth-order valence-electron chi connectivity index (χ4n) is 1.48. The van der Waals surface area contributed by atoms with Crippen molar-refractivity contribution < 1.29 is 14.3 Å². The number of hydrogen-bond donors (Lipinski definition) is 3. The van der Waals surface area contributed by atoms with Gasteiger partial charge in [0.15, 0.2) is 0 Å². The van der Waals surface area contributed by atoms with Gasteiger partial charge >= 0.3 is 0 Å². The lowest BCUT2D eigenvalue weighted by Gasteiger charge is -2.22. The second-order valence-corrected chi connectivity index (χ2v) is 4.31. The molecule has 0 aliphatic carbocycles. The van der Waals surface area contributed by atoms with Crippen LogP contribution in [-0.2, 0) is 14.3 Å².